The van der Waals surface area contributed by atoms with Crippen LogP contribution in [0.5, 0.6) is 0 Å². The zero-order valence-corrected chi connectivity index (χ0v) is 10.6. The molecule has 0 aliphatic carbocycles. The van der Waals surface area contributed by atoms with Crippen LogP contribution in [0.3, 0.4) is 0 Å². The predicted molar refractivity (Wildman–Crippen MR) is 65.0 cm³/mol. The molecule has 0 spiro atoms. The number of rotatable bonds is 8. The zero-order chi connectivity index (χ0) is 13.5. The van der Waals surface area contributed by atoms with Crippen molar-refractivity contribution >= 4 is 17.9 Å². The van der Waals surface area contributed by atoms with Gasteiger partial charge in [-0.15, -0.1) is 0 Å². The molecule has 1 fully saturated rings. The standard InChI is InChI=1S/C12H20N2O4/c1-2-3-9(4-5-11(16)17)6-7-14-10(15)8-13-12(14)18/h9H,2-8H2,1H3,(H,13,18)(H,16,17). The first-order valence-electron chi connectivity index (χ1n) is 6.34. The molecule has 6 heteroatoms. The molecule has 102 valence electrons. The molecule has 0 aromatic carbocycles. The Balaban J connectivity index is 2.38. The lowest BCUT2D eigenvalue weighted by Gasteiger charge is -2.18. The quantitative estimate of drug-likeness (QED) is 0.639. The van der Waals surface area contributed by atoms with Gasteiger partial charge in [0.15, 0.2) is 0 Å². The van der Waals surface area contributed by atoms with Crippen LogP contribution in [0.1, 0.15) is 39.0 Å². The Hall–Kier alpha value is -1.59. The molecule has 1 aliphatic heterocycles. The molecular weight excluding hydrogens is 236 g/mol. The van der Waals surface area contributed by atoms with E-state index < -0.39 is 5.97 Å². The largest absolute Gasteiger partial charge is 0.481 e. The van der Waals surface area contributed by atoms with Gasteiger partial charge in [-0.2, -0.15) is 0 Å². The molecule has 0 aromatic rings. The summed E-state index contributed by atoms with van der Waals surface area (Å²) in [5, 5.41) is 11.1. The van der Waals surface area contributed by atoms with Gasteiger partial charge in [0.1, 0.15) is 0 Å². The zero-order valence-electron chi connectivity index (χ0n) is 10.6. The summed E-state index contributed by atoms with van der Waals surface area (Å²) in [6.07, 6.45) is 3.33. The third-order valence-electron chi connectivity index (χ3n) is 3.16. The first kappa shape index (κ1) is 14.5. The fraction of sp³-hybridized carbons (Fsp3) is 0.750. The fourth-order valence-corrected chi connectivity index (χ4v) is 2.16. The van der Waals surface area contributed by atoms with Crippen LogP contribution in [-0.2, 0) is 9.59 Å². The minimum absolute atomic E-state index is 0.0758. The van der Waals surface area contributed by atoms with Crippen molar-refractivity contribution in [2.75, 3.05) is 13.1 Å². The van der Waals surface area contributed by atoms with Crippen LogP contribution in [0.25, 0.3) is 0 Å². The van der Waals surface area contributed by atoms with E-state index in [1.165, 1.54) is 4.90 Å². The Bertz CT molecular complexity index is 314. The molecule has 1 atom stereocenters. The van der Waals surface area contributed by atoms with Gasteiger partial charge in [-0.25, -0.2) is 4.79 Å². The van der Waals surface area contributed by atoms with Crippen LogP contribution in [0.4, 0.5) is 4.79 Å². The highest BCUT2D eigenvalue weighted by Gasteiger charge is 2.28. The summed E-state index contributed by atoms with van der Waals surface area (Å²) in [6.45, 7) is 2.50. The SMILES string of the molecule is CCCC(CCC(=O)O)CCN1C(=O)CNC1=O. The molecule has 0 radical (unpaired) electrons. The van der Waals surface area contributed by atoms with E-state index in [4.69, 9.17) is 5.11 Å². The molecule has 1 heterocycles. The molecule has 0 aromatic heterocycles. The lowest BCUT2D eigenvalue weighted by molar-refractivity contribution is -0.137. The maximum Gasteiger partial charge on any atom is 0.324 e. The van der Waals surface area contributed by atoms with E-state index in [1.807, 2.05) is 6.92 Å². The van der Waals surface area contributed by atoms with Crippen molar-refractivity contribution in [2.24, 2.45) is 5.92 Å². The molecule has 1 aliphatic rings. The topological polar surface area (TPSA) is 86.7 Å². The highest BCUT2D eigenvalue weighted by Crippen LogP contribution is 2.18. The number of imide groups is 1. The van der Waals surface area contributed by atoms with Crippen molar-refractivity contribution in [2.45, 2.75) is 39.0 Å². The van der Waals surface area contributed by atoms with Crippen LogP contribution >= 0.6 is 0 Å². The van der Waals surface area contributed by atoms with Gasteiger partial charge in [0.05, 0.1) is 6.54 Å². The third kappa shape index (κ3) is 4.35. The number of urea groups is 1. The normalized spacial score (nSPS) is 16.8. The number of carboxylic acids is 1. The van der Waals surface area contributed by atoms with Crippen LogP contribution in [0.15, 0.2) is 0 Å². The minimum atomic E-state index is -0.800. The van der Waals surface area contributed by atoms with Gasteiger partial charge in [0.25, 0.3) is 0 Å². The monoisotopic (exact) mass is 256 g/mol. The van der Waals surface area contributed by atoms with Crippen LogP contribution < -0.4 is 5.32 Å². The maximum absolute atomic E-state index is 11.4. The number of aliphatic carboxylic acids is 1. The highest BCUT2D eigenvalue weighted by molar-refractivity contribution is 6.01. The average Bonchev–Trinajstić information content (AvgIpc) is 2.63. The van der Waals surface area contributed by atoms with E-state index in [2.05, 4.69) is 5.32 Å². The highest BCUT2D eigenvalue weighted by atomic mass is 16.4. The van der Waals surface area contributed by atoms with Gasteiger partial charge >= 0.3 is 12.0 Å². The smallest absolute Gasteiger partial charge is 0.324 e. The van der Waals surface area contributed by atoms with Crippen molar-refractivity contribution in [1.82, 2.24) is 10.2 Å². The Morgan fingerprint density at radius 2 is 2.11 bits per heavy atom. The summed E-state index contributed by atoms with van der Waals surface area (Å²) >= 11 is 0. The van der Waals surface area contributed by atoms with Gasteiger partial charge in [0.2, 0.25) is 5.91 Å². The van der Waals surface area contributed by atoms with Gasteiger partial charge in [-0.3, -0.25) is 14.5 Å². The molecule has 1 saturated heterocycles. The number of amides is 3. The van der Waals surface area contributed by atoms with Crippen molar-refractivity contribution in [3.05, 3.63) is 0 Å². The van der Waals surface area contributed by atoms with Crippen molar-refractivity contribution in [1.29, 1.82) is 0 Å². The number of carbonyl (C=O) groups excluding carboxylic acids is 2. The molecule has 6 nitrogen and oxygen atoms in total. The Kier molecular flexibility index (Phi) is 5.61. The first-order valence-corrected chi connectivity index (χ1v) is 6.34. The summed E-state index contributed by atoms with van der Waals surface area (Å²) in [6, 6.07) is -0.339. The van der Waals surface area contributed by atoms with E-state index in [9.17, 15) is 14.4 Å². The molecule has 1 rings (SSSR count). The predicted octanol–water partition coefficient (Wildman–Crippen LogP) is 1.21. The summed E-state index contributed by atoms with van der Waals surface area (Å²) in [5.74, 6) is -0.744. The molecule has 2 N–H and O–H groups in total. The van der Waals surface area contributed by atoms with E-state index in [-0.39, 0.29) is 30.8 Å². The maximum atomic E-state index is 11.4. The summed E-state index contributed by atoms with van der Waals surface area (Å²) in [7, 11) is 0. The van der Waals surface area contributed by atoms with Crippen molar-refractivity contribution in [3.63, 3.8) is 0 Å². The number of hydrogen-bond donors (Lipinski definition) is 2. The van der Waals surface area contributed by atoms with E-state index in [0.29, 0.717) is 19.4 Å². The summed E-state index contributed by atoms with van der Waals surface area (Å²) < 4.78 is 0. The van der Waals surface area contributed by atoms with Crippen molar-refractivity contribution < 1.29 is 19.5 Å². The van der Waals surface area contributed by atoms with Gasteiger partial charge in [0, 0.05) is 13.0 Å². The van der Waals surface area contributed by atoms with Gasteiger partial charge in [-0.05, 0) is 18.8 Å². The van der Waals surface area contributed by atoms with Crippen LogP contribution in [-0.4, -0.2) is 41.0 Å². The molecule has 3 amide bonds. The van der Waals surface area contributed by atoms with Crippen molar-refractivity contribution in [3.8, 4) is 0 Å². The second kappa shape index (κ2) is 6.98. The molecular formula is C12H20N2O4. The number of carboxylic acid groups (broad SMARTS) is 1. The molecule has 1 unspecified atom stereocenters. The van der Waals surface area contributed by atoms with E-state index in [1.54, 1.807) is 0 Å². The second-order valence-electron chi connectivity index (χ2n) is 4.58. The van der Waals surface area contributed by atoms with Crippen LogP contribution in [0, 0.1) is 5.92 Å². The van der Waals surface area contributed by atoms with Crippen LogP contribution in [0.2, 0.25) is 0 Å². The second-order valence-corrected chi connectivity index (χ2v) is 4.58. The molecule has 0 bridgehead atoms. The van der Waals surface area contributed by atoms with E-state index >= 15 is 0 Å². The molecule has 0 saturated carbocycles. The minimum Gasteiger partial charge on any atom is -0.481 e. The summed E-state index contributed by atoms with van der Waals surface area (Å²) in [5.41, 5.74) is 0. The first-order chi connectivity index (χ1) is 8.54. The number of nitrogens with zero attached hydrogens (tertiary/aromatic N) is 1. The Labute approximate surface area is 106 Å². The lowest BCUT2D eigenvalue weighted by atomic mass is 9.94. The number of carbonyl (C=O) groups is 3. The Morgan fingerprint density at radius 3 is 2.61 bits per heavy atom. The number of nitrogens with one attached hydrogen (secondary N) is 1. The Morgan fingerprint density at radius 1 is 1.39 bits per heavy atom. The van der Waals surface area contributed by atoms with Gasteiger partial charge in [-0.1, -0.05) is 19.8 Å². The van der Waals surface area contributed by atoms with E-state index in [0.717, 1.165) is 12.8 Å². The third-order valence-corrected chi connectivity index (χ3v) is 3.16. The fourth-order valence-electron chi connectivity index (χ4n) is 2.16. The lowest BCUT2D eigenvalue weighted by Crippen LogP contribution is -2.32. The molecule has 18 heavy (non-hydrogen) atoms. The summed E-state index contributed by atoms with van der Waals surface area (Å²) in [4.78, 5) is 34.4. The van der Waals surface area contributed by atoms with Gasteiger partial charge < -0.3 is 10.4 Å². The number of hydrogen-bond acceptors (Lipinski definition) is 3. The average molecular weight is 256 g/mol.